The molecule has 1 N–H and O–H groups in total. The molecule has 86 valence electrons. The number of nitrogens with zero attached hydrogens (tertiary/aromatic N) is 1. The molecule has 15 heavy (non-hydrogen) atoms. The number of nitrogens with one attached hydrogen (secondary N) is 1. The lowest BCUT2D eigenvalue weighted by Crippen LogP contribution is -2.42. The van der Waals surface area contributed by atoms with Crippen molar-refractivity contribution in [3.63, 3.8) is 0 Å². The zero-order valence-electron chi connectivity index (χ0n) is 8.69. The second kappa shape index (κ2) is 7.94. The third-order valence-electron chi connectivity index (χ3n) is 2.46. The van der Waals surface area contributed by atoms with Gasteiger partial charge in [0.1, 0.15) is 0 Å². The number of piperazine rings is 1. The number of hydrogen-bond acceptors (Lipinski definition) is 2. The van der Waals surface area contributed by atoms with Gasteiger partial charge in [0.2, 0.25) is 0 Å². The highest BCUT2D eigenvalue weighted by Gasteiger charge is 2.08. The first-order valence-corrected chi connectivity index (χ1v) is 4.92. The Morgan fingerprint density at radius 3 is 2.20 bits per heavy atom. The molecule has 1 fully saturated rings. The van der Waals surface area contributed by atoms with Crippen LogP contribution < -0.4 is 5.32 Å². The molecule has 1 aliphatic rings. The summed E-state index contributed by atoms with van der Waals surface area (Å²) >= 11 is 0. The monoisotopic (exact) mass is 252 g/mol. The third-order valence-corrected chi connectivity index (χ3v) is 2.46. The van der Waals surface area contributed by atoms with E-state index in [4.69, 9.17) is 0 Å². The van der Waals surface area contributed by atoms with Gasteiger partial charge >= 0.3 is 0 Å². The maximum atomic E-state index is 3.36. The Morgan fingerprint density at radius 1 is 1.00 bits per heavy atom. The van der Waals surface area contributed by atoms with Crippen LogP contribution in [0.15, 0.2) is 30.3 Å². The van der Waals surface area contributed by atoms with Crippen molar-refractivity contribution in [1.29, 1.82) is 0 Å². The van der Waals surface area contributed by atoms with Crippen molar-refractivity contribution < 1.29 is 0 Å². The third kappa shape index (κ3) is 4.85. The molecule has 2 rings (SSSR count). The predicted molar refractivity (Wildman–Crippen MR) is 69.1 cm³/mol. The summed E-state index contributed by atoms with van der Waals surface area (Å²) in [7, 11) is 0. The average molecular weight is 253 g/mol. The molecule has 0 aromatic heterocycles. The Labute approximate surface area is 104 Å². The largest absolute Gasteiger partial charge is 0.314 e. The molecule has 0 spiro atoms. The van der Waals surface area contributed by atoms with Crippen LogP contribution in [0.4, 0.5) is 0 Å². The zero-order chi connectivity index (χ0) is 8.93. The van der Waals surface area contributed by atoms with Crippen LogP contribution in [0.1, 0.15) is 5.56 Å². The van der Waals surface area contributed by atoms with Crippen molar-refractivity contribution in [3.8, 4) is 0 Å². The van der Waals surface area contributed by atoms with Gasteiger partial charge in [-0.25, -0.2) is 0 Å². The maximum Gasteiger partial charge on any atom is 0.0234 e. The van der Waals surface area contributed by atoms with Gasteiger partial charge in [0.25, 0.3) is 0 Å². The number of halogens is 2. The Kier molecular flexibility index (Phi) is 7.79. The van der Waals surface area contributed by atoms with Gasteiger partial charge in [-0.1, -0.05) is 30.3 Å². The topological polar surface area (TPSA) is 15.3 Å². The molecule has 0 aliphatic carbocycles. The first kappa shape index (κ1) is 14.7. The van der Waals surface area contributed by atoms with E-state index in [9.17, 15) is 0 Å². The van der Waals surface area contributed by atoms with Crippen LogP contribution in [0.25, 0.3) is 0 Å². The normalized spacial score (nSPS) is 16.3. The standard InChI is InChI=1S/C11H16N2.2ClH/c1-2-4-11(5-3-1)10-13-8-6-12-7-9-13;;/h1-5,12H,6-10H2;2*1H/i6+1,7+1,8+1,9+1;;. The summed E-state index contributed by atoms with van der Waals surface area (Å²) < 4.78 is 0. The average Bonchev–Trinajstić information content (AvgIpc) is 2.21. The minimum atomic E-state index is 0. The molecule has 1 aromatic carbocycles. The van der Waals surface area contributed by atoms with Crippen LogP contribution in [0.5, 0.6) is 0 Å². The molecule has 1 aromatic rings. The van der Waals surface area contributed by atoms with Crippen LogP contribution in [0.2, 0.25) is 0 Å². The quantitative estimate of drug-likeness (QED) is 0.810. The Bertz CT molecular complexity index is 248. The van der Waals surface area contributed by atoms with Crippen LogP contribution in [0.3, 0.4) is 0 Å². The van der Waals surface area contributed by atoms with E-state index in [1.54, 1.807) is 0 Å². The molecule has 0 amide bonds. The van der Waals surface area contributed by atoms with Crippen LogP contribution in [-0.4, -0.2) is 31.1 Å². The predicted octanol–water partition coefficient (Wildman–Crippen LogP) is 1.94. The van der Waals surface area contributed by atoms with Crippen molar-refractivity contribution >= 4 is 24.8 Å². The summed E-state index contributed by atoms with van der Waals surface area (Å²) in [5.74, 6) is 0. The van der Waals surface area contributed by atoms with Crippen molar-refractivity contribution in [2.24, 2.45) is 0 Å². The molecule has 0 bridgehead atoms. The van der Waals surface area contributed by atoms with Gasteiger partial charge in [-0.2, -0.15) is 0 Å². The summed E-state index contributed by atoms with van der Waals surface area (Å²) in [6.45, 7) is 5.71. The fourth-order valence-electron chi connectivity index (χ4n) is 1.71. The van der Waals surface area contributed by atoms with Gasteiger partial charge in [-0.3, -0.25) is 4.90 Å². The molecule has 2 nitrogen and oxygen atoms in total. The first-order valence-electron chi connectivity index (χ1n) is 4.92. The number of benzene rings is 1. The lowest BCUT2D eigenvalue weighted by molar-refractivity contribution is 0.233. The van der Waals surface area contributed by atoms with Gasteiger partial charge in [0.05, 0.1) is 0 Å². The summed E-state index contributed by atoms with van der Waals surface area (Å²) in [4.78, 5) is 2.49. The second-order valence-electron chi connectivity index (χ2n) is 3.51. The number of rotatable bonds is 2. The molecular formula is C11H18Cl2N2. The molecule has 0 saturated carbocycles. The Hall–Kier alpha value is -0.280. The number of hydrogen-bond donors (Lipinski definition) is 1. The molecule has 0 radical (unpaired) electrons. The fourth-order valence-corrected chi connectivity index (χ4v) is 1.71. The first-order chi connectivity index (χ1) is 6.45. The SMILES string of the molecule is Cl.Cl.c1ccc(CN2[13CH2][13CH2]N[13CH2][13CH2]2)cc1. The van der Waals surface area contributed by atoms with Crippen LogP contribution >= 0.6 is 24.8 Å². The lowest BCUT2D eigenvalue weighted by atomic mass is 10.2. The molecule has 1 heterocycles. The van der Waals surface area contributed by atoms with Gasteiger partial charge in [-0.05, 0) is 5.56 Å². The molecule has 0 atom stereocenters. The van der Waals surface area contributed by atoms with E-state index in [-0.39, 0.29) is 24.8 Å². The highest BCUT2D eigenvalue weighted by molar-refractivity contribution is 5.85. The zero-order valence-corrected chi connectivity index (χ0v) is 10.3. The summed E-state index contributed by atoms with van der Waals surface area (Å²) in [5, 5.41) is 3.36. The van der Waals surface area contributed by atoms with E-state index in [0.29, 0.717) is 0 Å². The fraction of sp³-hybridized carbons (Fsp3) is 0.455. The summed E-state index contributed by atoms with van der Waals surface area (Å²) in [6, 6.07) is 10.7. The smallest absolute Gasteiger partial charge is 0.0234 e. The van der Waals surface area contributed by atoms with Gasteiger partial charge < -0.3 is 5.32 Å². The Balaban J connectivity index is 0.000000980. The molecular weight excluding hydrogens is 235 g/mol. The van der Waals surface area contributed by atoms with E-state index < -0.39 is 0 Å². The summed E-state index contributed by atoms with van der Waals surface area (Å²) in [6.07, 6.45) is 0. The molecule has 0 unspecified atom stereocenters. The van der Waals surface area contributed by atoms with Crippen LogP contribution in [-0.2, 0) is 6.54 Å². The van der Waals surface area contributed by atoms with Crippen molar-refractivity contribution in [2.45, 2.75) is 6.54 Å². The molecule has 1 saturated heterocycles. The molecule has 1 aliphatic heterocycles. The van der Waals surface area contributed by atoms with E-state index in [2.05, 4.69) is 40.5 Å². The maximum absolute atomic E-state index is 3.36. The van der Waals surface area contributed by atoms with Crippen molar-refractivity contribution in [3.05, 3.63) is 35.9 Å². The van der Waals surface area contributed by atoms with E-state index in [1.807, 2.05) is 0 Å². The summed E-state index contributed by atoms with van der Waals surface area (Å²) in [5.41, 5.74) is 1.42. The van der Waals surface area contributed by atoms with Gasteiger partial charge in [0, 0.05) is 32.7 Å². The minimum Gasteiger partial charge on any atom is -0.314 e. The Morgan fingerprint density at radius 2 is 1.60 bits per heavy atom. The second-order valence-corrected chi connectivity index (χ2v) is 3.51. The molecule has 4 heteroatoms. The van der Waals surface area contributed by atoms with Crippen molar-refractivity contribution in [1.82, 2.24) is 10.2 Å². The highest BCUT2D eigenvalue weighted by Crippen LogP contribution is 2.04. The van der Waals surface area contributed by atoms with E-state index in [0.717, 1.165) is 19.6 Å². The van der Waals surface area contributed by atoms with Crippen LogP contribution in [0, 0.1) is 0 Å². The van der Waals surface area contributed by atoms with Gasteiger partial charge in [-0.15, -0.1) is 24.8 Å². The van der Waals surface area contributed by atoms with E-state index >= 15 is 0 Å². The van der Waals surface area contributed by atoms with Gasteiger partial charge in [0.15, 0.2) is 0 Å². The lowest BCUT2D eigenvalue weighted by Gasteiger charge is -2.27. The minimum absolute atomic E-state index is 0. The highest BCUT2D eigenvalue weighted by atomic mass is 35.5. The van der Waals surface area contributed by atoms with Crippen molar-refractivity contribution in [2.75, 3.05) is 26.2 Å². The van der Waals surface area contributed by atoms with E-state index in [1.165, 1.54) is 18.7 Å².